The van der Waals surface area contributed by atoms with Crippen LogP contribution in [0.3, 0.4) is 0 Å². The molecule has 2 rings (SSSR count). The van der Waals surface area contributed by atoms with Gasteiger partial charge in [-0.1, -0.05) is 32.0 Å². The Morgan fingerprint density at radius 1 is 0.923 bits per heavy atom. The maximum atomic E-state index is 13.1. The molecule has 1 heterocycles. The molecule has 14 nitrogen and oxygen atoms in total. The van der Waals surface area contributed by atoms with Crippen molar-refractivity contribution in [2.24, 2.45) is 17.4 Å². The molecule has 0 aliphatic carbocycles. The number of carbonyl (C=O) groups excluding carboxylic acids is 4. The van der Waals surface area contributed by atoms with Gasteiger partial charge in [-0.25, -0.2) is 4.79 Å². The number of aromatic nitrogens is 1. The number of hydrogen-bond donors (Lipinski definition) is 8. The fourth-order valence-electron chi connectivity index (χ4n) is 3.89. The highest BCUT2D eigenvalue weighted by Crippen LogP contribution is 2.19. The van der Waals surface area contributed by atoms with Gasteiger partial charge >= 0.3 is 11.9 Å². The van der Waals surface area contributed by atoms with Crippen molar-refractivity contribution in [1.29, 1.82) is 0 Å². The van der Waals surface area contributed by atoms with Gasteiger partial charge in [0.2, 0.25) is 23.6 Å². The van der Waals surface area contributed by atoms with Gasteiger partial charge in [0, 0.05) is 29.9 Å². The highest BCUT2D eigenvalue weighted by molar-refractivity contribution is 5.95. The van der Waals surface area contributed by atoms with Crippen molar-refractivity contribution in [1.82, 2.24) is 20.9 Å². The van der Waals surface area contributed by atoms with E-state index in [9.17, 15) is 33.9 Å². The molecule has 0 aliphatic heterocycles. The van der Waals surface area contributed by atoms with Crippen LogP contribution in [0, 0.1) is 5.92 Å². The molecule has 0 saturated carbocycles. The number of amides is 4. The summed E-state index contributed by atoms with van der Waals surface area (Å²) >= 11 is 0. The van der Waals surface area contributed by atoms with Crippen LogP contribution in [0.1, 0.15) is 38.7 Å². The lowest BCUT2D eigenvalue weighted by Crippen LogP contribution is -2.58. The molecule has 0 aliphatic rings. The topological polar surface area (TPSA) is 247 Å². The van der Waals surface area contributed by atoms with Crippen molar-refractivity contribution >= 4 is 46.5 Å². The van der Waals surface area contributed by atoms with E-state index in [-0.39, 0.29) is 19.3 Å². The molecule has 4 atom stereocenters. The molecule has 1 aromatic carbocycles. The molecule has 1 aromatic heterocycles. The number of H-pyrrole nitrogens is 1. The number of carboxylic acids is 2. The molecule has 10 N–H and O–H groups in total. The minimum atomic E-state index is -1.41. The van der Waals surface area contributed by atoms with Gasteiger partial charge in [-0.15, -0.1) is 0 Å². The summed E-state index contributed by atoms with van der Waals surface area (Å²) in [5.74, 6) is -6.42. The van der Waals surface area contributed by atoms with Gasteiger partial charge in [-0.05, 0) is 24.0 Å². The highest BCUT2D eigenvalue weighted by atomic mass is 16.4. The number of nitrogens with two attached hydrogens (primary N) is 2. The molecule has 0 spiro atoms. The lowest BCUT2D eigenvalue weighted by atomic mass is 10.0. The van der Waals surface area contributed by atoms with Crippen molar-refractivity contribution in [3.05, 3.63) is 36.0 Å². The molecule has 0 bridgehead atoms. The number of nitrogens with one attached hydrogen (secondary N) is 4. The summed E-state index contributed by atoms with van der Waals surface area (Å²) in [4.78, 5) is 75.7. The average Bonchev–Trinajstić information content (AvgIpc) is 3.26. The van der Waals surface area contributed by atoms with Gasteiger partial charge in [0.05, 0.1) is 12.5 Å². The zero-order valence-corrected chi connectivity index (χ0v) is 21.6. The van der Waals surface area contributed by atoms with E-state index in [1.54, 1.807) is 32.2 Å². The third-order valence-electron chi connectivity index (χ3n) is 6.00. The third kappa shape index (κ3) is 9.10. The first-order valence-corrected chi connectivity index (χ1v) is 12.2. The Labute approximate surface area is 223 Å². The van der Waals surface area contributed by atoms with Crippen molar-refractivity contribution in [3.63, 3.8) is 0 Å². The molecular weight excluding hydrogens is 512 g/mol. The van der Waals surface area contributed by atoms with Crippen LogP contribution < -0.4 is 27.4 Å². The number of rotatable bonds is 15. The quantitative estimate of drug-likeness (QED) is 0.136. The fourth-order valence-corrected chi connectivity index (χ4v) is 3.89. The highest BCUT2D eigenvalue weighted by Gasteiger charge is 2.32. The predicted octanol–water partition coefficient (Wildman–Crippen LogP) is -1.03. The maximum Gasteiger partial charge on any atom is 0.326 e. The lowest BCUT2D eigenvalue weighted by Gasteiger charge is -2.26. The number of carbonyl (C=O) groups is 6. The number of hydrogen-bond acceptors (Lipinski definition) is 7. The number of carboxylic acid groups (broad SMARTS) is 2. The first-order chi connectivity index (χ1) is 18.3. The second kappa shape index (κ2) is 13.9. The summed E-state index contributed by atoms with van der Waals surface area (Å²) in [7, 11) is 0. The van der Waals surface area contributed by atoms with Gasteiger partial charge in [-0.2, -0.15) is 0 Å². The van der Waals surface area contributed by atoms with Crippen LogP contribution in [0.4, 0.5) is 0 Å². The van der Waals surface area contributed by atoms with Crippen LogP contribution in [0.25, 0.3) is 10.9 Å². The van der Waals surface area contributed by atoms with Crippen molar-refractivity contribution in [2.45, 2.75) is 63.7 Å². The molecule has 0 radical (unpaired) electrons. The van der Waals surface area contributed by atoms with Crippen molar-refractivity contribution in [3.8, 4) is 0 Å². The zero-order valence-electron chi connectivity index (χ0n) is 21.6. The van der Waals surface area contributed by atoms with E-state index in [1.165, 1.54) is 0 Å². The Morgan fingerprint density at radius 3 is 2.15 bits per heavy atom. The molecule has 0 fully saturated rings. The molecular formula is C25H34N6O8. The van der Waals surface area contributed by atoms with Crippen LogP contribution in [-0.2, 0) is 35.2 Å². The van der Waals surface area contributed by atoms with E-state index in [4.69, 9.17) is 16.6 Å². The van der Waals surface area contributed by atoms with Crippen LogP contribution in [0.5, 0.6) is 0 Å². The fraction of sp³-hybridized carbons (Fsp3) is 0.440. The number of aromatic amines is 1. The summed E-state index contributed by atoms with van der Waals surface area (Å²) in [6.07, 6.45) is 0.400. The second-order valence-corrected chi connectivity index (χ2v) is 9.46. The summed E-state index contributed by atoms with van der Waals surface area (Å²) < 4.78 is 0. The summed E-state index contributed by atoms with van der Waals surface area (Å²) in [6.45, 7) is 3.21. The molecule has 14 heteroatoms. The van der Waals surface area contributed by atoms with Crippen LogP contribution >= 0.6 is 0 Å². The Bertz CT molecular complexity index is 1230. The van der Waals surface area contributed by atoms with E-state index in [0.717, 1.165) is 10.9 Å². The normalized spacial score (nSPS) is 14.2. The van der Waals surface area contributed by atoms with Crippen LogP contribution in [0.15, 0.2) is 30.5 Å². The van der Waals surface area contributed by atoms with E-state index in [1.807, 2.05) is 12.1 Å². The summed E-state index contributed by atoms with van der Waals surface area (Å²) in [6, 6.07) is 1.90. The molecule has 2 aromatic rings. The zero-order chi connectivity index (χ0) is 29.3. The molecule has 39 heavy (non-hydrogen) atoms. The SMILES string of the molecule is CC(C)C(NC(=O)C(N)CC(=O)O)C(=O)NC(CCC(N)=O)C(=O)NC(Cc1c[nH]c2ccccc12)C(=O)O. The minimum absolute atomic E-state index is 0.0618. The number of primary amides is 1. The average molecular weight is 547 g/mol. The van der Waals surface area contributed by atoms with Gasteiger partial charge in [0.1, 0.15) is 18.1 Å². The lowest BCUT2D eigenvalue weighted by molar-refractivity contribution is -0.142. The monoisotopic (exact) mass is 546 g/mol. The standard InChI is InChI=1S/C25H34N6O8/c1-12(2)21(31-22(35)15(26)10-20(33)34)24(37)29-17(7-8-19(27)32)23(36)30-18(25(38)39)9-13-11-28-16-6-4-3-5-14(13)16/h3-6,11-12,15,17-18,21,28H,7-10,26H2,1-2H3,(H2,27,32)(H,29,37)(H,30,36)(H,31,35)(H,33,34)(H,38,39). The van der Waals surface area contributed by atoms with Gasteiger partial charge in [0.25, 0.3) is 0 Å². The number of fused-ring (bicyclic) bond motifs is 1. The minimum Gasteiger partial charge on any atom is -0.481 e. The number of benzene rings is 1. The number of aliphatic carboxylic acids is 2. The van der Waals surface area contributed by atoms with Gasteiger partial charge in [0.15, 0.2) is 0 Å². The van der Waals surface area contributed by atoms with Crippen LogP contribution in [0.2, 0.25) is 0 Å². The molecule has 4 amide bonds. The number of para-hydroxylation sites is 1. The summed E-state index contributed by atoms with van der Waals surface area (Å²) in [5, 5.41) is 26.6. The molecule has 4 unspecified atom stereocenters. The Kier molecular flexibility index (Phi) is 11.0. The second-order valence-electron chi connectivity index (χ2n) is 9.46. The Morgan fingerprint density at radius 2 is 1.56 bits per heavy atom. The van der Waals surface area contributed by atoms with E-state index < -0.39 is 72.1 Å². The van der Waals surface area contributed by atoms with Gasteiger partial charge in [-0.3, -0.25) is 24.0 Å². The summed E-state index contributed by atoms with van der Waals surface area (Å²) in [5.41, 5.74) is 12.2. The Balaban J connectivity index is 2.19. The van der Waals surface area contributed by atoms with E-state index in [2.05, 4.69) is 20.9 Å². The van der Waals surface area contributed by atoms with E-state index in [0.29, 0.717) is 5.56 Å². The third-order valence-corrected chi connectivity index (χ3v) is 6.00. The molecule has 212 valence electrons. The van der Waals surface area contributed by atoms with Crippen LogP contribution in [-0.4, -0.2) is 74.9 Å². The smallest absolute Gasteiger partial charge is 0.326 e. The van der Waals surface area contributed by atoms with Crippen molar-refractivity contribution in [2.75, 3.05) is 0 Å². The predicted molar refractivity (Wildman–Crippen MR) is 139 cm³/mol. The maximum absolute atomic E-state index is 13.1. The van der Waals surface area contributed by atoms with E-state index >= 15 is 0 Å². The first-order valence-electron chi connectivity index (χ1n) is 12.2. The van der Waals surface area contributed by atoms with Crippen molar-refractivity contribution < 1.29 is 39.0 Å². The Hall–Kier alpha value is -4.46. The largest absolute Gasteiger partial charge is 0.481 e. The molecule has 0 saturated heterocycles. The first kappa shape index (κ1) is 30.8. The van der Waals surface area contributed by atoms with Gasteiger partial charge < -0.3 is 42.6 Å².